The fourth-order valence-corrected chi connectivity index (χ4v) is 3.78. The van der Waals surface area contributed by atoms with Gasteiger partial charge in [-0.15, -0.1) is 0 Å². The average Bonchev–Trinajstić information content (AvgIpc) is 2.49. The maximum absolute atomic E-state index is 9.87. The Hall–Kier alpha value is -0.340. The van der Waals surface area contributed by atoms with Gasteiger partial charge in [0.2, 0.25) is 0 Å². The van der Waals surface area contributed by atoms with Crippen molar-refractivity contribution in [1.29, 1.82) is 0 Å². The highest BCUT2D eigenvalue weighted by Crippen LogP contribution is 2.61. The Morgan fingerprint density at radius 2 is 1.83 bits per heavy atom. The molecule has 4 aliphatic rings. The molecule has 7 atom stereocenters. The first-order chi connectivity index (χ1) is 5.86. The van der Waals surface area contributed by atoms with Gasteiger partial charge in [-0.05, 0) is 30.1 Å². The van der Waals surface area contributed by atoms with Crippen molar-refractivity contribution in [2.45, 2.75) is 24.7 Å². The summed E-state index contributed by atoms with van der Waals surface area (Å²) in [6.45, 7) is 0. The van der Waals surface area contributed by atoms with Crippen LogP contribution in [0.15, 0.2) is 12.2 Å². The van der Waals surface area contributed by atoms with Crippen LogP contribution >= 0.6 is 0 Å². The summed E-state index contributed by atoms with van der Waals surface area (Å²) in [6.07, 6.45) is 6.40. The van der Waals surface area contributed by atoms with Crippen LogP contribution in [0.25, 0.3) is 0 Å². The molecule has 4 rings (SSSR count). The molecular formula is C10H12O2. The predicted octanol–water partition coefficient (Wildman–Crippen LogP) is 0.567. The topological polar surface area (TPSA) is 32.8 Å². The summed E-state index contributed by atoms with van der Waals surface area (Å²) in [7, 11) is 0. The maximum Gasteiger partial charge on any atom is 0.111 e. The molecule has 1 saturated heterocycles. The van der Waals surface area contributed by atoms with E-state index in [2.05, 4.69) is 12.2 Å². The number of hydrogen-bond acceptors (Lipinski definition) is 2. The predicted molar refractivity (Wildman–Crippen MR) is 42.4 cm³/mol. The summed E-state index contributed by atoms with van der Waals surface area (Å²) < 4.78 is 5.45. The lowest BCUT2D eigenvalue weighted by Gasteiger charge is -2.25. The van der Waals surface area contributed by atoms with Crippen LogP contribution in [0.3, 0.4) is 0 Å². The molecule has 0 spiro atoms. The van der Waals surface area contributed by atoms with E-state index >= 15 is 0 Å². The van der Waals surface area contributed by atoms with E-state index in [0.717, 1.165) is 5.92 Å². The normalized spacial score (nSPS) is 69.9. The van der Waals surface area contributed by atoms with E-state index in [4.69, 9.17) is 4.74 Å². The molecule has 2 nitrogen and oxygen atoms in total. The highest BCUT2D eigenvalue weighted by molar-refractivity contribution is 5.24. The largest absolute Gasteiger partial charge is 0.390 e. The van der Waals surface area contributed by atoms with Crippen LogP contribution in [0.5, 0.6) is 0 Å². The molecule has 0 amide bonds. The number of fused-ring (bicyclic) bond motifs is 7. The third kappa shape index (κ3) is 0.485. The molecule has 0 aromatic heterocycles. The van der Waals surface area contributed by atoms with Crippen molar-refractivity contribution in [2.24, 2.45) is 23.7 Å². The minimum absolute atomic E-state index is 0.153. The Morgan fingerprint density at radius 3 is 2.58 bits per heavy atom. The van der Waals surface area contributed by atoms with Gasteiger partial charge in [-0.3, -0.25) is 0 Å². The Labute approximate surface area is 71.2 Å². The van der Waals surface area contributed by atoms with Gasteiger partial charge in [-0.1, -0.05) is 12.2 Å². The van der Waals surface area contributed by atoms with Gasteiger partial charge in [0, 0.05) is 0 Å². The van der Waals surface area contributed by atoms with Gasteiger partial charge in [0.25, 0.3) is 0 Å². The second kappa shape index (κ2) is 1.64. The lowest BCUT2D eigenvalue weighted by molar-refractivity contribution is 0.0364. The van der Waals surface area contributed by atoms with Crippen LogP contribution in [-0.4, -0.2) is 23.4 Å². The van der Waals surface area contributed by atoms with Gasteiger partial charge < -0.3 is 9.84 Å². The Bertz CT molecular complexity index is 261. The van der Waals surface area contributed by atoms with Crippen molar-refractivity contribution >= 4 is 0 Å². The third-order valence-corrected chi connectivity index (χ3v) is 4.25. The first-order valence-electron chi connectivity index (χ1n) is 4.88. The van der Waals surface area contributed by atoms with Crippen molar-refractivity contribution in [3.63, 3.8) is 0 Å². The molecule has 1 N–H and O–H groups in total. The molecule has 2 heteroatoms. The van der Waals surface area contributed by atoms with Crippen molar-refractivity contribution in [3.8, 4) is 0 Å². The van der Waals surface area contributed by atoms with Crippen molar-refractivity contribution in [3.05, 3.63) is 12.2 Å². The van der Waals surface area contributed by atoms with E-state index < -0.39 is 0 Å². The fraction of sp³-hybridized carbons (Fsp3) is 0.800. The van der Waals surface area contributed by atoms with Crippen molar-refractivity contribution in [1.82, 2.24) is 0 Å². The zero-order valence-corrected chi connectivity index (χ0v) is 6.76. The number of hydrogen-bond donors (Lipinski definition) is 1. The smallest absolute Gasteiger partial charge is 0.111 e. The number of epoxide rings is 1. The lowest BCUT2D eigenvalue weighted by Crippen LogP contribution is -2.29. The number of rotatable bonds is 0. The molecule has 3 fully saturated rings. The molecule has 64 valence electrons. The molecule has 0 aromatic carbocycles. The number of aliphatic hydroxyl groups is 1. The van der Waals surface area contributed by atoms with Gasteiger partial charge in [-0.25, -0.2) is 0 Å². The van der Waals surface area contributed by atoms with Gasteiger partial charge in [0.1, 0.15) is 6.10 Å². The average molecular weight is 164 g/mol. The summed E-state index contributed by atoms with van der Waals surface area (Å²) in [5.41, 5.74) is 0. The second-order valence-electron chi connectivity index (χ2n) is 4.66. The zero-order chi connectivity index (χ0) is 7.87. The van der Waals surface area contributed by atoms with E-state index in [9.17, 15) is 5.11 Å². The van der Waals surface area contributed by atoms with Crippen LogP contribution in [0.2, 0.25) is 0 Å². The van der Waals surface area contributed by atoms with Crippen LogP contribution in [0.1, 0.15) is 6.42 Å². The second-order valence-corrected chi connectivity index (χ2v) is 4.66. The minimum atomic E-state index is -0.153. The van der Waals surface area contributed by atoms with Crippen LogP contribution in [0, 0.1) is 23.7 Å². The molecule has 0 unspecified atom stereocenters. The first-order valence-corrected chi connectivity index (χ1v) is 4.88. The molecule has 2 bridgehead atoms. The summed E-state index contributed by atoms with van der Waals surface area (Å²) >= 11 is 0. The van der Waals surface area contributed by atoms with Gasteiger partial charge in [0.05, 0.1) is 12.2 Å². The first kappa shape index (κ1) is 6.17. The lowest BCUT2D eigenvalue weighted by atomic mass is 9.84. The van der Waals surface area contributed by atoms with E-state index in [0.29, 0.717) is 23.9 Å². The highest BCUT2D eigenvalue weighted by atomic mass is 16.6. The maximum atomic E-state index is 9.87. The third-order valence-electron chi connectivity index (χ3n) is 4.25. The van der Waals surface area contributed by atoms with Crippen LogP contribution < -0.4 is 0 Å². The van der Waals surface area contributed by atoms with Crippen molar-refractivity contribution in [2.75, 3.05) is 0 Å². The Balaban J connectivity index is 1.81. The molecule has 2 saturated carbocycles. The summed E-state index contributed by atoms with van der Waals surface area (Å²) in [5, 5.41) is 9.87. The van der Waals surface area contributed by atoms with Gasteiger partial charge >= 0.3 is 0 Å². The molecule has 1 heterocycles. The molecule has 12 heavy (non-hydrogen) atoms. The zero-order valence-electron chi connectivity index (χ0n) is 6.76. The fourth-order valence-electron chi connectivity index (χ4n) is 3.78. The molecular weight excluding hydrogens is 152 g/mol. The van der Waals surface area contributed by atoms with E-state index in [1.165, 1.54) is 6.42 Å². The monoisotopic (exact) mass is 164 g/mol. The number of ether oxygens (including phenoxy) is 1. The standard InChI is InChI=1S/C10H12O2/c11-8-6-4-1-2-5(3-4)7(6)9-10(8)12-9/h1-2,4-11H,3H2/t4-,5+,6+,7-,8-,9+,10-/m0/s1. The minimum Gasteiger partial charge on any atom is -0.390 e. The Morgan fingerprint density at radius 1 is 1.08 bits per heavy atom. The van der Waals surface area contributed by atoms with Crippen LogP contribution in [-0.2, 0) is 4.74 Å². The van der Waals surface area contributed by atoms with E-state index in [1.807, 2.05) is 0 Å². The summed E-state index contributed by atoms with van der Waals surface area (Å²) in [6, 6.07) is 0. The highest BCUT2D eigenvalue weighted by Gasteiger charge is 2.68. The SMILES string of the molecule is O[C@@H]1[C@@H]2O[C@@H]2[C@@H]2[C@H]1[C@H]1C=C[C@@H]2C1. The Kier molecular flexibility index (Phi) is 0.840. The van der Waals surface area contributed by atoms with Gasteiger partial charge in [0.15, 0.2) is 0 Å². The van der Waals surface area contributed by atoms with E-state index in [1.54, 1.807) is 0 Å². The summed E-state index contributed by atoms with van der Waals surface area (Å²) in [5.74, 6) is 2.61. The number of aliphatic hydroxyl groups excluding tert-OH is 1. The van der Waals surface area contributed by atoms with E-state index in [-0.39, 0.29) is 12.2 Å². The quantitative estimate of drug-likeness (QED) is 0.419. The molecule has 1 aliphatic heterocycles. The molecule has 0 aromatic rings. The van der Waals surface area contributed by atoms with Gasteiger partial charge in [-0.2, -0.15) is 0 Å². The number of allylic oxidation sites excluding steroid dienone is 2. The van der Waals surface area contributed by atoms with Crippen LogP contribution in [0.4, 0.5) is 0 Å². The molecule has 0 radical (unpaired) electrons. The molecule has 3 aliphatic carbocycles. The van der Waals surface area contributed by atoms with Crippen molar-refractivity contribution < 1.29 is 9.84 Å². The summed E-state index contributed by atoms with van der Waals surface area (Å²) in [4.78, 5) is 0.